The molecule has 1 N–H and O–H groups in total. The smallest absolute Gasteiger partial charge is 0.255 e. The standard InChI is InChI=1S/C26H30N4O/c1-20-7-8-23(19-21(20)2)26(31)28-24-5-3-4-6-25(24)30-17-15-29(16-18-30)14-11-22-9-12-27-13-10-22/h3-10,12-13,19H,11,14-18H2,1-2H3,(H,28,31). The molecule has 0 unspecified atom stereocenters. The van der Waals surface area contributed by atoms with Crippen LogP contribution in [0.1, 0.15) is 27.0 Å². The van der Waals surface area contributed by atoms with Gasteiger partial charge in [0, 0.05) is 50.7 Å². The summed E-state index contributed by atoms with van der Waals surface area (Å²) in [6.45, 7) is 9.09. The van der Waals surface area contributed by atoms with Crippen LogP contribution in [-0.2, 0) is 6.42 Å². The summed E-state index contributed by atoms with van der Waals surface area (Å²) in [7, 11) is 0. The molecule has 0 radical (unpaired) electrons. The van der Waals surface area contributed by atoms with E-state index in [9.17, 15) is 4.79 Å². The van der Waals surface area contributed by atoms with Crippen LogP contribution in [0.25, 0.3) is 0 Å². The Balaban J connectivity index is 1.37. The van der Waals surface area contributed by atoms with Gasteiger partial charge in [-0.15, -0.1) is 0 Å². The number of anilines is 2. The summed E-state index contributed by atoms with van der Waals surface area (Å²) < 4.78 is 0. The summed E-state index contributed by atoms with van der Waals surface area (Å²) in [5, 5.41) is 3.13. The van der Waals surface area contributed by atoms with Gasteiger partial charge in [-0.25, -0.2) is 0 Å². The molecule has 2 aromatic carbocycles. The molecule has 1 fully saturated rings. The largest absolute Gasteiger partial charge is 0.367 e. The third-order valence-electron chi connectivity index (χ3n) is 6.10. The molecule has 2 heterocycles. The van der Waals surface area contributed by atoms with Crippen LogP contribution in [0.4, 0.5) is 11.4 Å². The molecule has 1 aromatic heterocycles. The number of rotatable bonds is 6. The van der Waals surface area contributed by atoms with Crippen LogP contribution in [0.15, 0.2) is 67.0 Å². The second-order valence-electron chi connectivity index (χ2n) is 8.20. The maximum atomic E-state index is 12.8. The normalized spacial score (nSPS) is 14.5. The minimum atomic E-state index is -0.0634. The lowest BCUT2D eigenvalue weighted by molar-refractivity contribution is 0.102. The van der Waals surface area contributed by atoms with Gasteiger partial charge in [0.1, 0.15) is 0 Å². The predicted octanol–water partition coefficient (Wildman–Crippen LogP) is 4.32. The number of carbonyl (C=O) groups excluding carboxylic acids is 1. The third kappa shape index (κ3) is 5.30. The summed E-state index contributed by atoms with van der Waals surface area (Å²) in [6.07, 6.45) is 4.76. The Bertz CT molecular complexity index is 1030. The Hall–Kier alpha value is -3.18. The summed E-state index contributed by atoms with van der Waals surface area (Å²) in [5.74, 6) is -0.0634. The topological polar surface area (TPSA) is 48.5 Å². The van der Waals surface area contributed by atoms with Gasteiger partial charge in [0.15, 0.2) is 0 Å². The molecule has 5 heteroatoms. The van der Waals surface area contributed by atoms with E-state index < -0.39 is 0 Å². The number of piperazine rings is 1. The zero-order chi connectivity index (χ0) is 21.6. The molecular weight excluding hydrogens is 384 g/mol. The first-order chi connectivity index (χ1) is 15.1. The first-order valence-electron chi connectivity index (χ1n) is 10.9. The van der Waals surface area contributed by atoms with Gasteiger partial charge in [0.25, 0.3) is 5.91 Å². The molecule has 0 spiro atoms. The second kappa shape index (κ2) is 9.75. The maximum absolute atomic E-state index is 12.8. The monoisotopic (exact) mass is 414 g/mol. The van der Waals surface area contributed by atoms with E-state index in [1.807, 2.05) is 55.7 Å². The van der Waals surface area contributed by atoms with E-state index in [2.05, 4.69) is 45.2 Å². The fourth-order valence-electron chi connectivity index (χ4n) is 3.98. The number of carbonyl (C=O) groups is 1. The number of para-hydroxylation sites is 2. The minimum absolute atomic E-state index is 0.0634. The Morgan fingerprint density at radius 2 is 1.68 bits per heavy atom. The van der Waals surface area contributed by atoms with Crippen LogP contribution in [0.5, 0.6) is 0 Å². The Kier molecular flexibility index (Phi) is 6.63. The van der Waals surface area contributed by atoms with E-state index in [0.29, 0.717) is 5.56 Å². The number of nitrogens with one attached hydrogen (secondary N) is 1. The highest BCUT2D eigenvalue weighted by atomic mass is 16.1. The number of hydrogen-bond donors (Lipinski definition) is 1. The van der Waals surface area contributed by atoms with Crippen molar-refractivity contribution in [2.45, 2.75) is 20.3 Å². The lowest BCUT2D eigenvalue weighted by atomic mass is 10.1. The fourth-order valence-corrected chi connectivity index (χ4v) is 3.98. The lowest BCUT2D eigenvalue weighted by Crippen LogP contribution is -2.47. The Morgan fingerprint density at radius 3 is 2.42 bits per heavy atom. The number of nitrogens with zero attached hydrogens (tertiary/aromatic N) is 3. The molecule has 31 heavy (non-hydrogen) atoms. The van der Waals surface area contributed by atoms with E-state index in [4.69, 9.17) is 0 Å². The molecule has 4 rings (SSSR count). The molecule has 0 saturated carbocycles. The minimum Gasteiger partial charge on any atom is -0.367 e. The summed E-state index contributed by atoms with van der Waals surface area (Å²) in [4.78, 5) is 21.8. The van der Waals surface area contributed by atoms with Crippen molar-refractivity contribution in [3.8, 4) is 0 Å². The van der Waals surface area contributed by atoms with Crippen LogP contribution in [0.3, 0.4) is 0 Å². The van der Waals surface area contributed by atoms with Gasteiger partial charge in [-0.2, -0.15) is 0 Å². The highest BCUT2D eigenvalue weighted by Crippen LogP contribution is 2.27. The van der Waals surface area contributed by atoms with Crippen molar-refractivity contribution in [3.63, 3.8) is 0 Å². The van der Waals surface area contributed by atoms with Gasteiger partial charge in [-0.1, -0.05) is 18.2 Å². The summed E-state index contributed by atoms with van der Waals surface area (Å²) >= 11 is 0. The maximum Gasteiger partial charge on any atom is 0.255 e. The van der Waals surface area contributed by atoms with Crippen molar-refractivity contribution < 1.29 is 4.79 Å². The van der Waals surface area contributed by atoms with Gasteiger partial charge in [-0.3, -0.25) is 14.7 Å². The van der Waals surface area contributed by atoms with Gasteiger partial charge in [-0.05, 0) is 73.4 Å². The highest BCUT2D eigenvalue weighted by Gasteiger charge is 2.20. The van der Waals surface area contributed by atoms with E-state index in [0.717, 1.165) is 56.1 Å². The van der Waals surface area contributed by atoms with Crippen molar-refractivity contribution in [1.82, 2.24) is 9.88 Å². The SMILES string of the molecule is Cc1ccc(C(=O)Nc2ccccc2N2CCN(CCc3ccncc3)CC2)cc1C. The molecule has 1 amide bonds. The predicted molar refractivity (Wildman–Crippen MR) is 127 cm³/mol. The van der Waals surface area contributed by atoms with Crippen molar-refractivity contribution >= 4 is 17.3 Å². The quantitative estimate of drug-likeness (QED) is 0.653. The molecule has 1 aliphatic rings. The van der Waals surface area contributed by atoms with E-state index in [1.165, 1.54) is 11.1 Å². The Morgan fingerprint density at radius 1 is 0.935 bits per heavy atom. The molecule has 5 nitrogen and oxygen atoms in total. The average Bonchev–Trinajstić information content (AvgIpc) is 2.81. The molecular formula is C26H30N4O. The number of aryl methyl sites for hydroxylation is 2. The Labute approximate surface area is 184 Å². The zero-order valence-electron chi connectivity index (χ0n) is 18.3. The summed E-state index contributed by atoms with van der Waals surface area (Å²) in [6, 6.07) is 18.1. The van der Waals surface area contributed by atoms with Crippen molar-refractivity contribution in [3.05, 3.63) is 89.2 Å². The first-order valence-corrected chi connectivity index (χ1v) is 10.9. The zero-order valence-corrected chi connectivity index (χ0v) is 18.3. The highest BCUT2D eigenvalue weighted by molar-refractivity contribution is 6.06. The van der Waals surface area contributed by atoms with Crippen LogP contribution >= 0.6 is 0 Å². The molecule has 1 saturated heterocycles. The van der Waals surface area contributed by atoms with Crippen LogP contribution < -0.4 is 10.2 Å². The molecule has 0 aliphatic carbocycles. The second-order valence-corrected chi connectivity index (χ2v) is 8.20. The lowest BCUT2D eigenvalue weighted by Gasteiger charge is -2.37. The third-order valence-corrected chi connectivity index (χ3v) is 6.10. The first kappa shape index (κ1) is 21.1. The molecule has 160 valence electrons. The van der Waals surface area contributed by atoms with Gasteiger partial charge in [0.05, 0.1) is 11.4 Å². The van der Waals surface area contributed by atoms with Crippen LogP contribution in [0.2, 0.25) is 0 Å². The van der Waals surface area contributed by atoms with Crippen molar-refractivity contribution in [2.24, 2.45) is 0 Å². The van der Waals surface area contributed by atoms with Crippen LogP contribution in [-0.4, -0.2) is 48.5 Å². The van der Waals surface area contributed by atoms with Gasteiger partial charge >= 0.3 is 0 Å². The van der Waals surface area contributed by atoms with Gasteiger partial charge < -0.3 is 10.2 Å². The van der Waals surface area contributed by atoms with Crippen molar-refractivity contribution in [1.29, 1.82) is 0 Å². The number of hydrogen-bond acceptors (Lipinski definition) is 4. The van der Waals surface area contributed by atoms with E-state index in [-0.39, 0.29) is 5.91 Å². The number of amides is 1. The number of benzene rings is 2. The fraction of sp³-hybridized carbons (Fsp3) is 0.308. The average molecular weight is 415 g/mol. The molecule has 1 aliphatic heterocycles. The summed E-state index contributed by atoms with van der Waals surface area (Å²) in [5.41, 5.74) is 6.31. The molecule has 3 aromatic rings. The van der Waals surface area contributed by atoms with Crippen molar-refractivity contribution in [2.75, 3.05) is 42.9 Å². The molecule has 0 atom stereocenters. The van der Waals surface area contributed by atoms with E-state index in [1.54, 1.807) is 0 Å². The number of pyridine rings is 1. The molecule has 0 bridgehead atoms. The van der Waals surface area contributed by atoms with E-state index >= 15 is 0 Å². The van der Waals surface area contributed by atoms with Crippen LogP contribution in [0, 0.1) is 13.8 Å². The van der Waals surface area contributed by atoms with Gasteiger partial charge in [0.2, 0.25) is 0 Å². The number of aromatic nitrogens is 1.